The molecule has 0 aliphatic carbocycles. The van der Waals surface area contributed by atoms with Crippen LogP contribution in [-0.2, 0) is 196 Å². The molecule has 18 heteroatoms. The summed E-state index contributed by atoms with van der Waals surface area (Å²) in [6.07, 6.45) is 0. The van der Waals surface area contributed by atoms with Crippen molar-refractivity contribution >= 4 is 84.1 Å². The van der Waals surface area contributed by atoms with Crippen LogP contribution in [0.25, 0.3) is 66.2 Å². The normalized spacial score (nSPS) is 10.1. The van der Waals surface area contributed by atoms with E-state index in [1.54, 1.807) is 0 Å². The van der Waals surface area contributed by atoms with Crippen molar-refractivity contribution in [2.45, 2.75) is 0 Å². The third-order valence-electron chi connectivity index (χ3n) is 6.41. The number of nitrogens with zero attached hydrogens (tertiary/aromatic N) is 6. The van der Waals surface area contributed by atoms with Crippen LogP contribution in [0.4, 0.5) is 0 Å². The first-order valence-corrected chi connectivity index (χ1v) is 11.4. The van der Waals surface area contributed by atoms with E-state index >= 15 is 0 Å². The number of benzene rings is 4. The summed E-state index contributed by atoms with van der Waals surface area (Å²) in [5, 5.41) is 28.3. The minimum atomic E-state index is -1.12. The van der Waals surface area contributed by atoms with Gasteiger partial charge >= 0.3 is 17.9 Å². The van der Waals surface area contributed by atoms with Gasteiger partial charge in [-0.3, -0.25) is 0 Å². The Morgan fingerprint density at radius 1 is 0.356 bits per heavy atom. The molecule has 0 aliphatic rings. The molecule has 0 saturated carbocycles. The fourth-order valence-electron chi connectivity index (χ4n) is 4.55. The monoisotopic (exact) mass is 1050 g/mol. The number of carboxylic acid groups (broad SMARTS) is 3. The zero-order chi connectivity index (χ0) is 27.0. The molecule has 3 aromatic heterocycles. The first kappa shape index (κ1) is 43.7. The van der Waals surface area contributed by atoms with Crippen LogP contribution in [0.15, 0.2) is 54.6 Å². The Morgan fingerprint density at radius 2 is 0.556 bits per heavy atom. The molecule has 0 aliphatic heterocycles. The minimum Gasteiger partial charge on any atom is -0.478 e. The molecule has 0 unspecified atom stereocenters. The van der Waals surface area contributed by atoms with E-state index in [1.165, 1.54) is 54.6 Å². The summed E-state index contributed by atoms with van der Waals surface area (Å²) in [4.78, 5) is 62.9. The van der Waals surface area contributed by atoms with E-state index in [-0.39, 0.29) is 229 Å². The van der Waals surface area contributed by atoms with Crippen LogP contribution in [0.5, 0.6) is 0 Å². The van der Waals surface area contributed by atoms with Crippen molar-refractivity contribution in [3.05, 3.63) is 71.3 Å². The quantitative estimate of drug-likeness (QED) is 0.171. The van der Waals surface area contributed by atoms with Gasteiger partial charge in [-0.15, -0.1) is 0 Å². The van der Waals surface area contributed by atoms with E-state index in [9.17, 15) is 29.7 Å². The summed E-state index contributed by atoms with van der Waals surface area (Å²) in [6.45, 7) is 0. The number of carbonyl (C=O) groups is 3. The van der Waals surface area contributed by atoms with Crippen LogP contribution in [-0.4, -0.2) is 63.1 Å². The fourth-order valence-corrected chi connectivity index (χ4v) is 4.55. The number of hydrogen-bond acceptors (Lipinski definition) is 9. The van der Waals surface area contributed by atoms with Gasteiger partial charge in [-0.1, -0.05) is 0 Å². The van der Waals surface area contributed by atoms with Crippen molar-refractivity contribution in [1.29, 1.82) is 0 Å². The number of fused-ring (bicyclic) bond motifs is 9. The number of rotatable bonds is 3. The van der Waals surface area contributed by atoms with E-state index in [2.05, 4.69) is 0 Å². The third-order valence-corrected chi connectivity index (χ3v) is 6.41. The summed E-state index contributed by atoms with van der Waals surface area (Å²) in [5.41, 5.74) is 4.08. The Bertz CT molecular complexity index is 2020. The molecule has 0 spiro atoms. The second kappa shape index (κ2) is 17.6. The van der Waals surface area contributed by atoms with Crippen molar-refractivity contribution in [3.8, 4) is 0 Å². The Hall–Kier alpha value is 0.713. The van der Waals surface area contributed by atoms with Gasteiger partial charge < -0.3 is 15.3 Å². The van der Waals surface area contributed by atoms with Gasteiger partial charge in [0.05, 0.1) is 49.8 Å². The van der Waals surface area contributed by atoms with Gasteiger partial charge in [0.25, 0.3) is 0 Å². The molecule has 3 heterocycles. The van der Waals surface area contributed by atoms with E-state index in [4.69, 9.17) is 29.9 Å². The van der Waals surface area contributed by atoms with Crippen LogP contribution in [0.1, 0.15) is 31.1 Å². The van der Waals surface area contributed by atoms with Crippen LogP contribution in [0.2, 0.25) is 0 Å². The first-order chi connectivity index (χ1) is 18.8. The van der Waals surface area contributed by atoms with Crippen LogP contribution >= 0.6 is 0 Å². The molecule has 0 bridgehead atoms. The van der Waals surface area contributed by atoms with Crippen LogP contribution in [0.3, 0.4) is 0 Å². The van der Waals surface area contributed by atoms with Crippen LogP contribution < -0.4 is 0 Å². The SMILES string of the molecule is O=C(O)c1ccc2nc3c4nc5cc(C(=O)O)ccc5nc4c4nc5cc(C(=O)O)ccc5nc4c3nc2c1.[Y].[Y].[Y].[Y].[Y].[Y]. The average molecular weight is 1050 g/mol. The van der Waals surface area contributed by atoms with Gasteiger partial charge in [-0.25, -0.2) is 44.3 Å². The predicted octanol–water partition coefficient (Wildman–Crippen LogP) is 4.06. The molecule has 204 valence electrons. The molecule has 7 rings (SSSR count). The maximum atomic E-state index is 11.5. The smallest absolute Gasteiger partial charge is 0.335 e. The Labute approximate surface area is 403 Å². The van der Waals surface area contributed by atoms with Gasteiger partial charge in [0.2, 0.25) is 0 Å². The molecular formula is C27H12N6O6Y6. The maximum Gasteiger partial charge on any atom is 0.335 e. The molecule has 0 fully saturated rings. The van der Waals surface area contributed by atoms with E-state index < -0.39 is 17.9 Å². The average Bonchev–Trinajstić information content (AvgIpc) is 2.93. The van der Waals surface area contributed by atoms with E-state index in [1.807, 2.05) is 0 Å². The zero-order valence-corrected chi connectivity index (χ0v) is 39.9. The molecule has 7 aromatic rings. The molecular weight excluding hydrogens is 1040 g/mol. The van der Waals surface area contributed by atoms with Crippen LogP contribution in [0, 0.1) is 0 Å². The Balaban J connectivity index is 0.00000169. The number of aromatic carboxylic acids is 3. The first-order valence-electron chi connectivity index (χ1n) is 11.4. The van der Waals surface area contributed by atoms with Crippen molar-refractivity contribution in [2.24, 2.45) is 0 Å². The summed E-state index contributed by atoms with van der Waals surface area (Å²) in [6, 6.07) is 13.1. The van der Waals surface area contributed by atoms with Crippen molar-refractivity contribution in [3.63, 3.8) is 0 Å². The molecule has 0 atom stereocenters. The summed E-state index contributed by atoms with van der Waals surface area (Å²) in [7, 11) is 0. The standard InChI is InChI=1S/C27H12N6O6.6Y/c34-25(35)10-1-4-13-16(7-10)31-22-19(28-13)23-21(30-14-5-2-11(26(36)37)8-17(14)32-23)24-20(22)29-15-6-3-12(27(38)39)9-18(15)33-24;;;;;;/h1-9H,(H,34,35)(H,36,37)(H,38,39);;;;;;. The second-order valence-corrected chi connectivity index (χ2v) is 8.79. The van der Waals surface area contributed by atoms with Crippen molar-refractivity contribution in [1.82, 2.24) is 29.9 Å². The van der Waals surface area contributed by atoms with Gasteiger partial charge in [-0.2, -0.15) is 0 Å². The topological polar surface area (TPSA) is 189 Å². The van der Waals surface area contributed by atoms with Crippen molar-refractivity contribution < 1.29 is 226 Å². The number of hydrogen-bond donors (Lipinski definition) is 3. The summed E-state index contributed by atoms with van der Waals surface area (Å²) in [5.74, 6) is -3.35. The van der Waals surface area contributed by atoms with Gasteiger partial charge in [-0.05, 0) is 54.6 Å². The Kier molecular flexibility index (Phi) is 17.1. The number of carboxylic acids is 3. The molecule has 12 nitrogen and oxygen atoms in total. The van der Waals surface area contributed by atoms with E-state index in [0.717, 1.165) is 0 Å². The molecule has 45 heavy (non-hydrogen) atoms. The second-order valence-electron chi connectivity index (χ2n) is 8.79. The largest absolute Gasteiger partial charge is 0.478 e. The molecule has 0 amide bonds. The van der Waals surface area contributed by atoms with Gasteiger partial charge in [0.15, 0.2) is 0 Å². The summed E-state index contributed by atoms with van der Waals surface area (Å²) < 4.78 is 0. The fraction of sp³-hybridized carbons (Fsp3) is 0. The predicted molar refractivity (Wildman–Crippen MR) is 139 cm³/mol. The van der Waals surface area contributed by atoms with Gasteiger partial charge in [0.1, 0.15) is 33.1 Å². The number of aromatic nitrogens is 6. The van der Waals surface area contributed by atoms with Gasteiger partial charge in [0, 0.05) is 196 Å². The molecule has 6 radical (unpaired) electrons. The zero-order valence-electron chi connectivity index (χ0n) is 22.9. The van der Waals surface area contributed by atoms with Crippen molar-refractivity contribution in [2.75, 3.05) is 0 Å². The molecule has 3 N–H and O–H groups in total. The Morgan fingerprint density at radius 3 is 0.756 bits per heavy atom. The molecule has 0 saturated heterocycles. The summed E-state index contributed by atoms with van der Waals surface area (Å²) >= 11 is 0. The molecule has 4 aromatic carbocycles. The van der Waals surface area contributed by atoms with E-state index in [0.29, 0.717) is 49.7 Å². The third kappa shape index (κ3) is 8.20. The minimum absolute atomic E-state index is 0. The maximum absolute atomic E-state index is 11.5.